The molecule has 0 heterocycles. The predicted octanol–water partition coefficient (Wildman–Crippen LogP) is 1.39. The molecule has 1 fully saturated rings. The monoisotopic (exact) mass is 196 g/mol. The van der Waals surface area contributed by atoms with E-state index < -0.39 is 0 Å². The molecule has 2 aliphatic rings. The van der Waals surface area contributed by atoms with Crippen molar-refractivity contribution in [2.45, 2.75) is 19.1 Å². The quantitative estimate of drug-likeness (QED) is 0.505. The minimum atomic E-state index is -0.246. The van der Waals surface area contributed by atoms with Crippen LogP contribution < -0.4 is 0 Å². The number of hydrogen-bond acceptors (Lipinski definition) is 3. The Morgan fingerprint density at radius 3 is 2.71 bits per heavy atom. The zero-order chi connectivity index (χ0) is 10.1. The maximum atomic E-state index is 11.6. The smallest absolute Gasteiger partial charge is 0.161 e. The van der Waals surface area contributed by atoms with Crippen molar-refractivity contribution in [2.75, 3.05) is 14.2 Å². The summed E-state index contributed by atoms with van der Waals surface area (Å²) in [5, 5.41) is 0. The third kappa shape index (κ3) is 1.41. The van der Waals surface area contributed by atoms with Crippen LogP contribution in [0.5, 0.6) is 0 Å². The van der Waals surface area contributed by atoms with Gasteiger partial charge in [-0.15, -0.1) is 0 Å². The Labute approximate surface area is 84.1 Å². The van der Waals surface area contributed by atoms with Gasteiger partial charge in [0.05, 0.1) is 0 Å². The molecule has 0 aromatic rings. The first kappa shape index (κ1) is 9.87. The number of methoxy groups -OCH3 is 2. The van der Waals surface area contributed by atoms with Gasteiger partial charge >= 0.3 is 0 Å². The number of rotatable bonds is 3. The number of allylic oxidation sites excluding steroid dienone is 2. The van der Waals surface area contributed by atoms with Crippen LogP contribution in [0.2, 0.25) is 0 Å². The van der Waals surface area contributed by atoms with Crippen molar-refractivity contribution in [3.05, 3.63) is 12.2 Å². The zero-order valence-corrected chi connectivity index (χ0v) is 8.60. The second kappa shape index (κ2) is 3.83. The van der Waals surface area contributed by atoms with Crippen LogP contribution in [0.3, 0.4) is 0 Å². The Bertz CT molecular complexity index is 255. The van der Waals surface area contributed by atoms with Gasteiger partial charge in [-0.25, -0.2) is 0 Å². The third-order valence-corrected chi connectivity index (χ3v) is 3.35. The van der Waals surface area contributed by atoms with E-state index in [9.17, 15) is 4.79 Å². The van der Waals surface area contributed by atoms with Gasteiger partial charge in [0.25, 0.3) is 0 Å². The van der Waals surface area contributed by atoms with Gasteiger partial charge in [-0.3, -0.25) is 4.79 Å². The number of ketones is 1. The van der Waals surface area contributed by atoms with Crippen LogP contribution in [-0.4, -0.2) is 26.3 Å². The first-order chi connectivity index (χ1) is 6.77. The van der Waals surface area contributed by atoms with Gasteiger partial charge in [0.1, 0.15) is 5.78 Å². The van der Waals surface area contributed by atoms with E-state index in [4.69, 9.17) is 9.47 Å². The second-order valence-corrected chi connectivity index (χ2v) is 4.00. The normalized spacial score (nSPS) is 35.6. The first-order valence-electron chi connectivity index (χ1n) is 5.04. The van der Waals surface area contributed by atoms with Gasteiger partial charge in [0.2, 0.25) is 0 Å². The van der Waals surface area contributed by atoms with Crippen molar-refractivity contribution in [2.24, 2.45) is 17.8 Å². The van der Waals surface area contributed by atoms with Crippen molar-refractivity contribution in [3.8, 4) is 0 Å². The van der Waals surface area contributed by atoms with Gasteiger partial charge in [0.15, 0.2) is 6.29 Å². The Morgan fingerprint density at radius 1 is 1.36 bits per heavy atom. The topological polar surface area (TPSA) is 35.5 Å². The molecule has 0 aromatic carbocycles. The molecule has 0 spiro atoms. The highest BCUT2D eigenvalue weighted by Crippen LogP contribution is 2.42. The molecule has 78 valence electrons. The molecule has 3 nitrogen and oxygen atoms in total. The molecular formula is C11H16O3. The van der Waals surface area contributed by atoms with E-state index in [1.54, 1.807) is 14.2 Å². The van der Waals surface area contributed by atoms with E-state index in [0.717, 1.165) is 6.42 Å². The first-order valence-corrected chi connectivity index (χ1v) is 5.04. The van der Waals surface area contributed by atoms with E-state index in [0.29, 0.717) is 18.1 Å². The van der Waals surface area contributed by atoms with E-state index in [1.807, 2.05) is 6.08 Å². The van der Waals surface area contributed by atoms with Crippen molar-refractivity contribution >= 4 is 5.78 Å². The van der Waals surface area contributed by atoms with Crippen LogP contribution in [-0.2, 0) is 14.3 Å². The summed E-state index contributed by atoms with van der Waals surface area (Å²) in [6.07, 6.45) is 5.57. The van der Waals surface area contributed by atoms with Crippen molar-refractivity contribution in [1.82, 2.24) is 0 Å². The summed E-state index contributed by atoms with van der Waals surface area (Å²) in [7, 11) is 3.26. The van der Waals surface area contributed by atoms with Crippen LogP contribution in [0.4, 0.5) is 0 Å². The Kier molecular flexibility index (Phi) is 2.70. The molecule has 2 bridgehead atoms. The Hall–Kier alpha value is -0.670. The number of Topliss-reactive ketones (excluding diaryl/α,β-unsaturated/α-hetero) is 1. The van der Waals surface area contributed by atoms with Gasteiger partial charge < -0.3 is 9.47 Å². The fraction of sp³-hybridized carbons (Fsp3) is 0.727. The summed E-state index contributed by atoms with van der Waals surface area (Å²) >= 11 is 0. The molecule has 0 unspecified atom stereocenters. The molecule has 1 saturated carbocycles. The Balaban J connectivity index is 2.17. The van der Waals surface area contributed by atoms with E-state index in [1.165, 1.54) is 0 Å². The number of carbonyl (C=O) groups is 1. The van der Waals surface area contributed by atoms with Gasteiger partial charge in [-0.05, 0) is 12.3 Å². The molecular weight excluding hydrogens is 180 g/mol. The summed E-state index contributed by atoms with van der Waals surface area (Å²) in [6.45, 7) is 0. The van der Waals surface area contributed by atoms with Crippen LogP contribution in [0.15, 0.2) is 12.2 Å². The third-order valence-electron chi connectivity index (χ3n) is 3.35. The fourth-order valence-electron chi connectivity index (χ4n) is 2.65. The Morgan fingerprint density at radius 2 is 2.07 bits per heavy atom. The molecule has 0 amide bonds. The maximum absolute atomic E-state index is 11.6. The summed E-state index contributed by atoms with van der Waals surface area (Å²) in [4.78, 5) is 11.6. The highest BCUT2D eigenvalue weighted by Gasteiger charge is 2.44. The number of carbonyl (C=O) groups excluding carboxylic acids is 1. The summed E-state index contributed by atoms with van der Waals surface area (Å²) in [5.41, 5.74) is 0. The molecule has 3 heteroatoms. The number of fused-ring (bicyclic) bond motifs is 2. The predicted molar refractivity (Wildman–Crippen MR) is 51.7 cm³/mol. The SMILES string of the molecule is COC(OC)[C@H]1[C@@H]2C=C[C@H]1C(=O)CC2. The highest BCUT2D eigenvalue weighted by molar-refractivity contribution is 5.84. The minimum absolute atomic E-state index is 0.0265. The molecule has 2 rings (SSSR count). The van der Waals surface area contributed by atoms with Crippen LogP contribution >= 0.6 is 0 Å². The maximum Gasteiger partial charge on any atom is 0.161 e. The molecule has 3 atom stereocenters. The van der Waals surface area contributed by atoms with E-state index >= 15 is 0 Å². The minimum Gasteiger partial charge on any atom is -0.356 e. The fourth-order valence-corrected chi connectivity index (χ4v) is 2.65. The van der Waals surface area contributed by atoms with Crippen molar-refractivity contribution < 1.29 is 14.3 Å². The molecule has 2 aliphatic carbocycles. The molecule has 14 heavy (non-hydrogen) atoms. The summed E-state index contributed by atoms with van der Waals surface area (Å²) in [5.74, 6) is 1.02. The lowest BCUT2D eigenvalue weighted by molar-refractivity contribution is -0.164. The van der Waals surface area contributed by atoms with Gasteiger partial charge in [0, 0.05) is 32.5 Å². The van der Waals surface area contributed by atoms with Crippen molar-refractivity contribution in [1.29, 1.82) is 0 Å². The summed E-state index contributed by atoms with van der Waals surface area (Å²) in [6, 6.07) is 0. The number of hydrogen-bond donors (Lipinski definition) is 0. The summed E-state index contributed by atoms with van der Waals surface area (Å²) < 4.78 is 10.5. The van der Waals surface area contributed by atoms with Crippen molar-refractivity contribution in [3.63, 3.8) is 0 Å². The lowest BCUT2D eigenvalue weighted by Crippen LogP contribution is -2.39. The largest absolute Gasteiger partial charge is 0.356 e. The lowest BCUT2D eigenvalue weighted by atomic mass is 9.76. The van der Waals surface area contributed by atoms with E-state index in [-0.39, 0.29) is 18.1 Å². The average molecular weight is 196 g/mol. The number of ether oxygens (including phenoxy) is 2. The standard InChI is InChI=1S/C11H16O3/c1-13-11(14-2)10-7-3-5-8(10)9(12)6-4-7/h3,5,7-8,10-11H,4,6H2,1-2H3/t7-,8+,10+/m1/s1. The molecule has 0 N–H and O–H groups in total. The van der Waals surface area contributed by atoms with Crippen LogP contribution in [0.25, 0.3) is 0 Å². The van der Waals surface area contributed by atoms with E-state index in [2.05, 4.69) is 6.08 Å². The molecule has 0 aromatic heterocycles. The molecule has 0 saturated heterocycles. The lowest BCUT2D eigenvalue weighted by Gasteiger charge is -2.33. The second-order valence-electron chi connectivity index (χ2n) is 4.00. The molecule has 0 radical (unpaired) electrons. The van der Waals surface area contributed by atoms with Crippen LogP contribution in [0.1, 0.15) is 12.8 Å². The molecule has 0 aliphatic heterocycles. The highest BCUT2D eigenvalue weighted by atomic mass is 16.7. The van der Waals surface area contributed by atoms with Gasteiger partial charge in [-0.1, -0.05) is 12.2 Å². The van der Waals surface area contributed by atoms with Crippen LogP contribution in [0, 0.1) is 17.8 Å². The van der Waals surface area contributed by atoms with Gasteiger partial charge in [-0.2, -0.15) is 0 Å². The zero-order valence-electron chi connectivity index (χ0n) is 8.60. The average Bonchev–Trinajstić information content (AvgIpc) is 2.51.